The van der Waals surface area contributed by atoms with Crippen molar-refractivity contribution in [2.45, 2.75) is 24.9 Å². The molecule has 4 aromatic rings. The minimum atomic E-state index is -3.92. The van der Waals surface area contributed by atoms with E-state index < -0.39 is 15.9 Å². The van der Waals surface area contributed by atoms with Crippen LogP contribution in [0.25, 0.3) is 10.2 Å². The molecule has 1 amide bonds. The number of amides is 1. The largest absolute Gasteiger partial charge is 0.467 e. The molecular formula is C22H21N3O4S2. The SMILES string of the molecule is Cc1nc2ccc(S(=O)(=O)N(CC(=O)NCc3ccco3)Cc3ccccc3)cc2s1. The van der Waals surface area contributed by atoms with Gasteiger partial charge in [-0.25, -0.2) is 13.4 Å². The summed E-state index contributed by atoms with van der Waals surface area (Å²) in [6, 6.07) is 17.5. The first-order valence-corrected chi connectivity index (χ1v) is 11.9. The molecular weight excluding hydrogens is 434 g/mol. The Hall–Kier alpha value is -3.01. The molecule has 0 radical (unpaired) electrons. The molecule has 0 saturated heterocycles. The second kappa shape index (κ2) is 9.01. The van der Waals surface area contributed by atoms with Crippen LogP contribution < -0.4 is 5.32 Å². The maximum Gasteiger partial charge on any atom is 0.243 e. The van der Waals surface area contributed by atoms with Crippen LogP contribution in [-0.4, -0.2) is 30.2 Å². The number of aryl methyl sites for hydroxylation is 1. The van der Waals surface area contributed by atoms with Crippen LogP contribution >= 0.6 is 11.3 Å². The number of sulfonamides is 1. The van der Waals surface area contributed by atoms with Crippen LogP contribution in [0.4, 0.5) is 0 Å². The molecule has 2 heterocycles. The Balaban J connectivity index is 1.60. The van der Waals surface area contributed by atoms with Crippen LogP contribution in [0.15, 0.2) is 76.2 Å². The van der Waals surface area contributed by atoms with Crippen molar-refractivity contribution in [1.82, 2.24) is 14.6 Å². The van der Waals surface area contributed by atoms with Gasteiger partial charge in [-0.15, -0.1) is 11.3 Å². The number of nitrogens with zero attached hydrogens (tertiary/aromatic N) is 2. The zero-order valence-electron chi connectivity index (χ0n) is 16.8. The Labute approximate surface area is 184 Å². The predicted octanol–water partition coefficient (Wildman–Crippen LogP) is 3.71. The molecule has 7 nitrogen and oxygen atoms in total. The molecule has 0 unspecified atom stereocenters. The van der Waals surface area contributed by atoms with Crippen LogP contribution in [0.3, 0.4) is 0 Å². The van der Waals surface area contributed by atoms with E-state index in [2.05, 4.69) is 10.3 Å². The molecule has 0 atom stereocenters. The lowest BCUT2D eigenvalue weighted by atomic mass is 10.2. The summed E-state index contributed by atoms with van der Waals surface area (Å²) >= 11 is 1.43. The van der Waals surface area contributed by atoms with E-state index >= 15 is 0 Å². The molecule has 0 spiro atoms. The van der Waals surface area contributed by atoms with Crippen molar-refractivity contribution in [2.75, 3.05) is 6.54 Å². The highest BCUT2D eigenvalue weighted by Crippen LogP contribution is 2.27. The number of carbonyl (C=O) groups excluding carboxylic acids is 1. The normalized spacial score (nSPS) is 11.8. The van der Waals surface area contributed by atoms with Crippen LogP contribution in [-0.2, 0) is 27.9 Å². The Morgan fingerprint density at radius 2 is 1.94 bits per heavy atom. The molecule has 0 bridgehead atoms. The van der Waals surface area contributed by atoms with Gasteiger partial charge in [0.2, 0.25) is 15.9 Å². The fourth-order valence-corrected chi connectivity index (χ4v) is 5.51. The van der Waals surface area contributed by atoms with Crippen molar-refractivity contribution in [1.29, 1.82) is 0 Å². The van der Waals surface area contributed by atoms with Gasteiger partial charge in [0.1, 0.15) is 5.76 Å². The highest BCUT2D eigenvalue weighted by Gasteiger charge is 2.27. The molecule has 2 aromatic heterocycles. The number of aromatic nitrogens is 1. The average molecular weight is 456 g/mol. The zero-order valence-corrected chi connectivity index (χ0v) is 18.4. The van der Waals surface area contributed by atoms with E-state index in [1.54, 1.807) is 24.3 Å². The molecule has 160 valence electrons. The minimum Gasteiger partial charge on any atom is -0.467 e. The van der Waals surface area contributed by atoms with E-state index in [-0.39, 0.29) is 24.5 Å². The molecule has 31 heavy (non-hydrogen) atoms. The monoisotopic (exact) mass is 455 g/mol. The third-order valence-electron chi connectivity index (χ3n) is 4.67. The second-order valence-electron chi connectivity index (χ2n) is 6.98. The van der Waals surface area contributed by atoms with Gasteiger partial charge in [0.25, 0.3) is 0 Å². The number of fused-ring (bicyclic) bond motifs is 1. The van der Waals surface area contributed by atoms with Crippen molar-refractivity contribution in [3.8, 4) is 0 Å². The maximum absolute atomic E-state index is 13.5. The van der Waals surface area contributed by atoms with Crippen molar-refractivity contribution in [3.05, 3.63) is 83.3 Å². The first kappa shape index (κ1) is 21.2. The van der Waals surface area contributed by atoms with Gasteiger partial charge in [-0.2, -0.15) is 4.31 Å². The summed E-state index contributed by atoms with van der Waals surface area (Å²) in [5.41, 5.74) is 1.55. The number of benzene rings is 2. The van der Waals surface area contributed by atoms with Gasteiger partial charge < -0.3 is 9.73 Å². The lowest BCUT2D eigenvalue weighted by molar-refractivity contribution is -0.121. The Morgan fingerprint density at radius 3 is 2.68 bits per heavy atom. The van der Waals surface area contributed by atoms with E-state index in [1.165, 1.54) is 28.0 Å². The van der Waals surface area contributed by atoms with Crippen molar-refractivity contribution < 1.29 is 17.6 Å². The molecule has 9 heteroatoms. The number of hydrogen-bond acceptors (Lipinski definition) is 6. The third-order valence-corrected chi connectivity index (χ3v) is 7.39. The number of hydrogen-bond donors (Lipinski definition) is 1. The molecule has 2 aromatic carbocycles. The highest BCUT2D eigenvalue weighted by atomic mass is 32.2. The molecule has 0 saturated carbocycles. The van der Waals surface area contributed by atoms with Crippen LogP contribution in [0.1, 0.15) is 16.3 Å². The number of rotatable bonds is 8. The fourth-order valence-electron chi connectivity index (χ4n) is 3.16. The number of carbonyl (C=O) groups is 1. The van der Waals surface area contributed by atoms with Gasteiger partial charge in [0.15, 0.2) is 0 Å². The summed E-state index contributed by atoms with van der Waals surface area (Å²) < 4.78 is 34.1. The topological polar surface area (TPSA) is 92.5 Å². The Kier molecular flexibility index (Phi) is 6.17. The first-order chi connectivity index (χ1) is 14.9. The highest BCUT2D eigenvalue weighted by molar-refractivity contribution is 7.89. The van der Waals surface area contributed by atoms with Gasteiger partial charge in [-0.1, -0.05) is 30.3 Å². The van der Waals surface area contributed by atoms with Gasteiger partial charge in [-0.05, 0) is 42.8 Å². The average Bonchev–Trinajstić information content (AvgIpc) is 3.40. The maximum atomic E-state index is 13.5. The van der Waals surface area contributed by atoms with Crippen molar-refractivity contribution in [2.24, 2.45) is 0 Å². The summed E-state index contributed by atoms with van der Waals surface area (Å²) in [6.07, 6.45) is 1.52. The molecule has 1 N–H and O–H groups in total. The molecule has 0 aliphatic rings. The summed E-state index contributed by atoms with van der Waals surface area (Å²) in [5.74, 6) is 0.183. The van der Waals surface area contributed by atoms with Crippen LogP contribution in [0, 0.1) is 6.92 Å². The van der Waals surface area contributed by atoms with E-state index in [0.717, 1.165) is 20.8 Å². The fraction of sp³-hybridized carbons (Fsp3) is 0.182. The van der Waals surface area contributed by atoms with Crippen LogP contribution in [0.5, 0.6) is 0 Å². The summed E-state index contributed by atoms with van der Waals surface area (Å²) in [6.45, 7) is 1.84. The van der Waals surface area contributed by atoms with Gasteiger partial charge in [0, 0.05) is 6.54 Å². The van der Waals surface area contributed by atoms with E-state index in [1.807, 2.05) is 37.3 Å². The number of furan rings is 1. The summed E-state index contributed by atoms with van der Waals surface area (Å²) in [4.78, 5) is 17.1. The van der Waals surface area contributed by atoms with Gasteiger partial charge in [0.05, 0.1) is 39.5 Å². The summed E-state index contributed by atoms with van der Waals surface area (Å²) in [7, 11) is -3.92. The lowest BCUT2D eigenvalue weighted by Crippen LogP contribution is -2.40. The number of thiazole rings is 1. The minimum absolute atomic E-state index is 0.0805. The van der Waals surface area contributed by atoms with Crippen molar-refractivity contribution in [3.63, 3.8) is 0 Å². The van der Waals surface area contributed by atoms with Crippen molar-refractivity contribution >= 4 is 37.5 Å². The zero-order chi connectivity index (χ0) is 21.8. The predicted molar refractivity (Wildman–Crippen MR) is 119 cm³/mol. The Bertz CT molecular complexity index is 1280. The van der Waals surface area contributed by atoms with E-state index in [9.17, 15) is 13.2 Å². The molecule has 0 aliphatic carbocycles. The summed E-state index contributed by atoms with van der Waals surface area (Å²) in [5, 5.41) is 3.57. The first-order valence-electron chi connectivity index (χ1n) is 9.62. The molecule has 0 aliphatic heterocycles. The molecule has 4 rings (SSSR count). The van der Waals surface area contributed by atoms with Gasteiger partial charge in [-0.3, -0.25) is 4.79 Å². The van der Waals surface area contributed by atoms with Gasteiger partial charge >= 0.3 is 0 Å². The number of nitrogens with one attached hydrogen (secondary N) is 1. The second-order valence-corrected chi connectivity index (χ2v) is 10.1. The molecule has 0 fully saturated rings. The lowest BCUT2D eigenvalue weighted by Gasteiger charge is -2.22. The van der Waals surface area contributed by atoms with E-state index in [4.69, 9.17) is 4.42 Å². The third kappa shape index (κ3) is 5.01. The smallest absolute Gasteiger partial charge is 0.243 e. The standard InChI is InChI=1S/C22H21N3O4S2/c1-16-24-20-10-9-19(12-21(20)30-16)31(27,28)25(14-17-6-3-2-4-7-17)15-22(26)23-13-18-8-5-11-29-18/h2-12H,13-15H2,1H3,(H,23,26). The van der Waals surface area contributed by atoms with Crippen LogP contribution in [0.2, 0.25) is 0 Å². The Morgan fingerprint density at radius 1 is 1.13 bits per heavy atom. The van der Waals surface area contributed by atoms with E-state index in [0.29, 0.717) is 5.76 Å². The quantitative estimate of drug-likeness (QED) is 0.437.